The van der Waals surface area contributed by atoms with Gasteiger partial charge in [-0.25, -0.2) is 4.79 Å². The lowest BCUT2D eigenvalue weighted by Crippen LogP contribution is -2.49. The summed E-state index contributed by atoms with van der Waals surface area (Å²) in [5, 5.41) is 5.79. The maximum atomic E-state index is 11.6. The Balaban J connectivity index is 2.70. The van der Waals surface area contributed by atoms with Gasteiger partial charge in [0.05, 0.1) is 0 Å². The van der Waals surface area contributed by atoms with Crippen molar-refractivity contribution in [3.05, 3.63) is 0 Å². The molecule has 0 aromatic rings. The minimum atomic E-state index is -1.06. The Hall–Kier alpha value is -0.950. The molecule has 86 valence electrons. The molecule has 1 aliphatic rings. The highest BCUT2D eigenvalue weighted by Crippen LogP contribution is 2.24. The minimum absolute atomic E-state index is 0.190. The van der Waals surface area contributed by atoms with Gasteiger partial charge >= 0.3 is 6.09 Å². The van der Waals surface area contributed by atoms with E-state index in [9.17, 15) is 9.35 Å². The zero-order valence-corrected chi connectivity index (χ0v) is 9.72. The summed E-state index contributed by atoms with van der Waals surface area (Å²) in [5.74, 6) is 0.655. The van der Waals surface area contributed by atoms with Crippen molar-refractivity contribution in [2.45, 2.75) is 18.6 Å². The third-order valence-corrected chi connectivity index (χ3v) is 3.86. The van der Waals surface area contributed by atoms with Gasteiger partial charge in [0, 0.05) is 7.05 Å². The van der Waals surface area contributed by atoms with Crippen molar-refractivity contribution in [1.29, 1.82) is 0 Å². The van der Waals surface area contributed by atoms with Gasteiger partial charge in [0.15, 0.2) is 4.75 Å². The van der Waals surface area contributed by atoms with Crippen LogP contribution in [-0.4, -0.2) is 40.7 Å². The molecule has 1 rings (SSSR count). The average molecular weight is 234 g/mol. The zero-order valence-electron chi connectivity index (χ0n) is 8.90. The SMILES string of the molecule is CNC(=O)ON=C1OCC[S+]([O-])C1(C)C. The number of ether oxygens (including phenoxy) is 1. The van der Waals surface area contributed by atoms with E-state index in [4.69, 9.17) is 4.74 Å². The third kappa shape index (κ3) is 2.75. The first-order valence-electron chi connectivity index (χ1n) is 4.47. The molecule has 1 heterocycles. The highest BCUT2D eigenvalue weighted by atomic mass is 32.2. The van der Waals surface area contributed by atoms with Crippen LogP contribution in [0.3, 0.4) is 0 Å². The number of rotatable bonds is 1. The maximum Gasteiger partial charge on any atom is 0.433 e. The molecular weight excluding hydrogens is 220 g/mol. The first kappa shape index (κ1) is 12.1. The van der Waals surface area contributed by atoms with Crippen LogP contribution < -0.4 is 5.32 Å². The molecule has 1 fully saturated rings. The van der Waals surface area contributed by atoms with E-state index < -0.39 is 22.0 Å². The summed E-state index contributed by atoms with van der Waals surface area (Å²) in [6.07, 6.45) is -0.682. The van der Waals surface area contributed by atoms with E-state index in [0.717, 1.165) is 0 Å². The van der Waals surface area contributed by atoms with Gasteiger partial charge < -0.3 is 14.6 Å². The molecule has 0 aromatic carbocycles. The highest BCUT2D eigenvalue weighted by molar-refractivity contribution is 7.93. The number of hydrogen-bond acceptors (Lipinski definition) is 5. The fourth-order valence-electron chi connectivity index (χ4n) is 1.01. The van der Waals surface area contributed by atoms with Crippen molar-refractivity contribution in [1.82, 2.24) is 5.32 Å². The van der Waals surface area contributed by atoms with Crippen LogP contribution in [0.1, 0.15) is 13.8 Å². The molecule has 0 aliphatic carbocycles. The van der Waals surface area contributed by atoms with Crippen molar-refractivity contribution >= 4 is 23.2 Å². The number of amides is 1. The Morgan fingerprint density at radius 1 is 1.73 bits per heavy atom. The molecule has 0 bridgehead atoms. The number of nitrogens with one attached hydrogen (secondary N) is 1. The van der Waals surface area contributed by atoms with E-state index in [1.165, 1.54) is 7.05 Å². The lowest BCUT2D eigenvalue weighted by atomic mass is 10.2. The summed E-state index contributed by atoms with van der Waals surface area (Å²) in [6, 6.07) is 0. The summed E-state index contributed by atoms with van der Waals surface area (Å²) < 4.78 is 16.1. The second-order valence-electron chi connectivity index (χ2n) is 3.43. The van der Waals surface area contributed by atoms with Gasteiger partial charge in [-0.3, -0.25) is 4.84 Å². The second-order valence-corrected chi connectivity index (χ2v) is 5.55. The lowest BCUT2D eigenvalue weighted by Gasteiger charge is -2.32. The summed E-state index contributed by atoms with van der Waals surface area (Å²) in [4.78, 5) is 15.3. The van der Waals surface area contributed by atoms with E-state index >= 15 is 0 Å². The van der Waals surface area contributed by atoms with Gasteiger partial charge in [0.1, 0.15) is 12.4 Å². The molecule has 1 saturated heterocycles. The van der Waals surface area contributed by atoms with Crippen LogP contribution >= 0.6 is 0 Å². The largest absolute Gasteiger partial charge is 0.615 e. The molecule has 0 aromatic heterocycles. The van der Waals surface area contributed by atoms with Crippen molar-refractivity contribution < 1.29 is 18.9 Å². The van der Waals surface area contributed by atoms with E-state index in [0.29, 0.717) is 12.4 Å². The van der Waals surface area contributed by atoms with Crippen molar-refractivity contribution in [3.63, 3.8) is 0 Å². The predicted molar refractivity (Wildman–Crippen MR) is 56.0 cm³/mol. The summed E-state index contributed by atoms with van der Waals surface area (Å²) in [7, 11) is 1.42. The molecule has 0 radical (unpaired) electrons. The topological polar surface area (TPSA) is 83.0 Å². The fourth-order valence-corrected chi connectivity index (χ4v) is 2.04. The van der Waals surface area contributed by atoms with E-state index in [-0.39, 0.29) is 5.90 Å². The van der Waals surface area contributed by atoms with Crippen LogP contribution in [0.25, 0.3) is 0 Å². The molecule has 1 unspecified atom stereocenters. The maximum absolute atomic E-state index is 11.6. The minimum Gasteiger partial charge on any atom is -0.615 e. The van der Waals surface area contributed by atoms with E-state index in [1.54, 1.807) is 13.8 Å². The molecule has 15 heavy (non-hydrogen) atoms. The first-order chi connectivity index (χ1) is 6.98. The van der Waals surface area contributed by atoms with Crippen LogP contribution in [0.4, 0.5) is 4.79 Å². The Morgan fingerprint density at radius 2 is 2.40 bits per heavy atom. The van der Waals surface area contributed by atoms with Crippen LogP contribution in [0.15, 0.2) is 5.16 Å². The monoisotopic (exact) mass is 234 g/mol. The molecular formula is C8H14N2O4S. The van der Waals surface area contributed by atoms with Gasteiger partial charge in [0.25, 0.3) is 5.90 Å². The average Bonchev–Trinajstić information content (AvgIpc) is 2.20. The molecule has 0 spiro atoms. The molecule has 0 saturated carbocycles. The quantitative estimate of drug-likeness (QED) is 0.399. The van der Waals surface area contributed by atoms with Gasteiger partial charge in [0.2, 0.25) is 0 Å². The molecule has 6 nitrogen and oxygen atoms in total. The normalized spacial score (nSPS) is 26.9. The smallest absolute Gasteiger partial charge is 0.433 e. The van der Waals surface area contributed by atoms with Crippen LogP contribution in [0.2, 0.25) is 0 Å². The van der Waals surface area contributed by atoms with E-state index in [1.807, 2.05) is 0 Å². The molecule has 1 atom stereocenters. The number of nitrogens with zero attached hydrogens (tertiary/aromatic N) is 1. The highest BCUT2D eigenvalue weighted by Gasteiger charge is 2.43. The van der Waals surface area contributed by atoms with Gasteiger partial charge in [-0.2, -0.15) is 0 Å². The van der Waals surface area contributed by atoms with Crippen molar-refractivity contribution in [3.8, 4) is 0 Å². The first-order valence-corrected chi connectivity index (χ1v) is 5.79. The Bertz CT molecular complexity index is 280. The summed E-state index contributed by atoms with van der Waals surface area (Å²) in [5.41, 5.74) is 0. The lowest BCUT2D eigenvalue weighted by molar-refractivity contribution is 0.145. The standard InChI is InChI=1S/C8H14N2O4S/c1-8(2)6(10-14-7(11)9-3)13-4-5-15(8)12/h4-5H2,1-3H3,(H,9,11). The van der Waals surface area contributed by atoms with Crippen LogP contribution in [0, 0.1) is 0 Å². The van der Waals surface area contributed by atoms with Gasteiger partial charge in [-0.15, -0.1) is 0 Å². The Morgan fingerprint density at radius 3 is 3.00 bits per heavy atom. The molecule has 7 heteroatoms. The third-order valence-electron chi connectivity index (χ3n) is 2.01. The Kier molecular flexibility index (Phi) is 3.81. The predicted octanol–water partition coefficient (Wildman–Crippen LogP) is 0.213. The van der Waals surface area contributed by atoms with Crippen molar-refractivity contribution in [2.75, 3.05) is 19.4 Å². The van der Waals surface area contributed by atoms with Crippen LogP contribution in [0.5, 0.6) is 0 Å². The van der Waals surface area contributed by atoms with Crippen LogP contribution in [-0.2, 0) is 20.8 Å². The number of hydrogen-bond donors (Lipinski definition) is 1. The zero-order chi connectivity index (χ0) is 11.5. The van der Waals surface area contributed by atoms with Crippen molar-refractivity contribution in [2.24, 2.45) is 5.16 Å². The molecule has 1 amide bonds. The number of carbonyl (C=O) groups is 1. The van der Waals surface area contributed by atoms with Gasteiger partial charge in [-0.05, 0) is 30.2 Å². The fraction of sp³-hybridized carbons (Fsp3) is 0.750. The number of carbonyl (C=O) groups excluding carboxylic acids is 1. The number of oxime groups is 1. The van der Waals surface area contributed by atoms with E-state index in [2.05, 4.69) is 15.3 Å². The summed E-state index contributed by atoms with van der Waals surface area (Å²) in [6.45, 7) is 3.79. The second kappa shape index (κ2) is 4.71. The molecule has 1 N–H and O–H groups in total. The molecule has 1 aliphatic heterocycles. The summed E-state index contributed by atoms with van der Waals surface area (Å²) >= 11 is -1.06. The Labute approximate surface area is 91.2 Å². The van der Waals surface area contributed by atoms with Gasteiger partial charge in [-0.1, -0.05) is 0 Å².